The van der Waals surface area contributed by atoms with Gasteiger partial charge < -0.3 is 60.1 Å². The van der Waals surface area contributed by atoms with E-state index >= 15 is 0 Å². The number of nitrogens with one attached hydrogen (secondary N) is 3. The molecule has 414 valence electrons. The van der Waals surface area contributed by atoms with Crippen molar-refractivity contribution in [2.45, 2.75) is 162 Å². The Balaban J connectivity index is 0.000000482. The van der Waals surface area contributed by atoms with Crippen molar-refractivity contribution >= 4 is 57.2 Å². The normalized spacial score (nSPS) is 28.2. The van der Waals surface area contributed by atoms with Gasteiger partial charge in [-0.2, -0.15) is 0 Å². The van der Waals surface area contributed by atoms with Crippen LogP contribution in [0.4, 0.5) is 0 Å². The second-order valence-corrected chi connectivity index (χ2v) is 21.3. The average Bonchev–Trinajstić information content (AvgIpc) is 3.71. The molecule has 4 aliphatic rings. The van der Waals surface area contributed by atoms with E-state index in [4.69, 9.17) is 28.8 Å². The smallest absolute Gasteiger partial charge is 0.326 e. The summed E-state index contributed by atoms with van der Waals surface area (Å²) in [6.45, 7) is 13.4. The van der Waals surface area contributed by atoms with Crippen LogP contribution in [0, 0.1) is 46.3 Å². The third-order valence-corrected chi connectivity index (χ3v) is 16.5. The van der Waals surface area contributed by atoms with Crippen LogP contribution < -0.4 is 16.0 Å². The van der Waals surface area contributed by atoms with Crippen LogP contribution in [0.3, 0.4) is 0 Å². The number of alkyl halides is 1. The minimum Gasteiger partial charge on any atom is -0.481 e. The molecule has 7 N–H and O–H groups in total. The molecule has 19 nitrogen and oxygen atoms in total. The molecule has 4 saturated carbocycles. The Labute approximate surface area is 435 Å². The number of unbranched alkanes of at least 4 members (excludes halogenated alkanes) is 1. The van der Waals surface area contributed by atoms with Gasteiger partial charge in [0.15, 0.2) is 11.6 Å². The van der Waals surface area contributed by atoms with E-state index in [2.05, 4.69) is 52.7 Å². The van der Waals surface area contributed by atoms with Gasteiger partial charge in [-0.3, -0.25) is 28.8 Å². The summed E-state index contributed by atoms with van der Waals surface area (Å²) in [6, 6.07) is -0.954. The summed E-state index contributed by atoms with van der Waals surface area (Å²) in [6.07, 6.45) is 8.64. The molecule has 4 rings (SSSR count). The first-order valence-corrected chi connectivity index (χ1v) is 27.6. The Morgan fingerprint density at radius 2 is 1.38 bits per heavy atom. The Morgan fingerprint density at radius 3 is 2.04 bits per heavy atom. The zero-order valence-electron chi connectivity index (χ0n) is 43.6. The molecule has 4 fully saturated rings. The predicted octanol–water partition coefficient (Wildman–Crippen LogP) is 4.63. The quantitative estimate of drug-likeness (QED) is 0.0342. The fourth-order valence-electron chi connectivity index (χ4n) is 12.0. The number of carbonyl (C=O) groups excluding carboxylic acids is 5. The van der Waals surface area contributed by atoms with E-state index in [-0.39, 0.29) is 120 Å². The molecule has 0 spiro atoms. The fraction of sp³-hybridized carbons (Fsp3) is 0.865. The summed E-state index contributed by atoms with van der Waals surface area (Å²) >= 11 is 3.03. The molecule has 0 aromatic heterocycles. The van der Waals surface area contributed by atoms with Crippen molar-refractivity contribution in [3.05, 3.63) is 0 Å². The second kappa shape index (κ2) is 33.0. The van der Waals surface area contributed by atoms with E-state index in [0.717, 1.165) is 38.5 Å². The Bertz CT molecular complexity index is 1710. The number of aliphatic carboxylic acids is 2. The molecule has 12 atom stereocenters. The maximum Gasteiger partial charge on any atom is 0.326 e. The average molecular weight is 1090 g/mol. The van der Waals surface area contributed by atoms with E-state index in [1.165, 1.54) is 0 Å². The minimum atomic E-state index is -1.08. The molecule has 0 heterocycles. The van der Waals surface area contributed by atoms with Crippen molar-refractivity contribution < 1.29 is 77.7 Å². The van der Waals surface area contributed by atoms with Crippen LogP contribution in [0.5, 0.6) is 0 Å². The van der Waals surface area contributed by atoms with Gasteiger partial charge in [-0.1, -0.05) is 50.5 Å². The van der Waals surface area contributed by atoms with Gasteiger partial charge in [0.05, 0.1) is 56.7 Å². The highest BCUT2D eigenvalue weighted by Gasteiger charge is 2.65. The highest BCUT2D eigenvalue weighted by atomic mass is 79.9. The lowest BCUT2D eigenvalue weighted by Crippen LogP contribution is -2.62. The minimum absolute atomic E-state index is 0.0218. The topological polar surface area (TPSA) is 283 Å². The van der Waals surface area contributed by atoms with Crippen LogP contribution in [-0.2, 0) is 57.2 Å². The predicted molar refractivity (Wildman–Crippen MR) is 270 cm³/mol. The second-order valence-electron chi connectivity index (χ2n) is 20.8. The first-order chi connectivity index (χ1) is 34.3. The van der Waals surface area contributed by atoms with Crippen LogP contribution in [0.2, 0.25) is 0 Å². The molecule has 20 heteroatoms. The maximum absolute atomic E-state index is 12.6. The molecular formula is C52H88BrN3O16. The standard InChI is InChI=1S/C37H61NO10.C15H27BrN2O6/c1-5-25(39)21-47-17-16-46-15-14-38-33(43)10-7-26(40)22-48-27-12-13-36(3)24(18-27)19-31(41)35-29-9-8-28(23(2)6-11-34(44)45)37(29,4)32(42)20-30(35)36;1-2-7-23-8-9-24-11-14(20)18-12(15(21)22)5-3-4-6-17-13(19)10-16/h23-24,27-32,35,41-42H,5-22H2,1-4H3,(H,38,43)(H,44,45);12H,2-11H2,1H3,(H,17,19)(H,18,20)(H,21,22)/t23-,24+,27+,28-,29?,30+,31-,32+,35+,36+,37-;12-/m10/s1. The number of Topliss-reactive ketones (excluding diaryl/α,β-unsaturated/α-hetero) is 2. The molecule has 0 bridgehead atoms. The summed E-state index contributed by atoms with van der Waals surface area (Å²) in [7, 11) is 0. The number of carbonyl (C=O) groups is 7. The zero-order valence-corrected chi connectivity index (χ0v) is 45.2. The van der Waals surface area contributed by atoms with Gasteiger partial charge in [-0.05, 0) is 123 Å². The number of hydrogen-bond acceptors (Lipinski definition) is 14. The lowest BCUT2D eigenvalue weighted by atomic mass is 9.43. The monoisotopic (exact) mass is 1090 g/mol. The Kier molecular flexibility index (Phi) is 29.0. The van der Waals surface area contributed by atoms with Gasteiger partial charge in [0, 0.05) is 45.4 Å². The van der Waals surface area contributed by atoms with Crippen LogP contribution >= 0.6 is 15.9 Å². The number of hydrogen-bond donors (Lipinski definition) is 7. The van der Waals surface area contributed by atoms with Crippen molar-refractivity contribution in [3.63, 3.8) is 0 Å². The van der Waals surface area contributed by atoms with Gasteiger partial charge in [0.25, 0.3) is 0 Å². The summed E-state index contributed by atoms with van der Waals surface area (Å²) in [5.41, 5.74) is -0.340. The van der Waals surface area contributed by atoms with Crippen molar-refractivity contribution in [2.75, 3.05) is 77.9 Å². The highest BCUT2D eigenvalue weighted by Crippen LogP contribution is 2.68. The van der Waals surface area contributed by atoms with Gasteiger partial charge >= 0.3 is 11.9 Å². The van der Waals surface area contributed by atoms with Gasteiger partial charge in [-0.25, -0.2) is 4.79 Å². The number of ether oxygens (including phenoxy) is 5. The molecule has 0 aromatic rings. The molecule has 0 aliphatic heterocycles. The molecular weight excluding hydrogens is 1000 g/mol. The maximum atomic E-state index is 12.6. The number of aliphatic hydroxyl groups excluding tert-OH is 2. The van der Waals surface area contributed by atoms with Gasteiger partial charge in [0.2, 0.25) is 17.7 Å². The Hall–Kier alpha value is -3.11. The summed E-state index contributed by atoms with van der Waals surface area (Å²) in [5.74, 6) is -1.48. The molecule has 4 aliphatic carbocycles. The number of carboxylic acid groups (broad SMARTS) is 2. The fourth-order valence-corrected chi connectivity index (χ4v) is 12.2. The molecule has 72 heavy (non-hydrogen) atoms. The third-order valence-electron chi connectivity index (χ3n) is 16.0. The van der Waals surface area contributed by atoms with Gasteiger partial charge in [-0.15, -0.1) is 0 Å². The number of rotatable bonds is 34. The lowest BCUT2D eigenvalue weighted by molar-refractivity contribution is -0.209. The number of ketones is 2. The number of fused-ring (bicyclic) bond motifs is 5. The van der Waals surface area contributed by atoms with Crippen molar-refractivity contribution in [2.24, 2.45) is 46.3 Å². The van der Waals surface area contributed by atoms with Crippen molar-refractivity contribution in [3.8, 4) is 0 Å². The molecule has 0 saturated heterocycles. The van der Waals surface area contributed by atoms with E-state index in [1.807, 2.05) is 6.92 Å². The number of aliphatic hydroxyl groups is 2. The number of carboxylic acids is 2. The summed E-state index contributed by atoms with van der Waals surface area (Å²) in [4.78, 5) is 81.0. The van der Waals surface area contributed by atoms with E-state index in [0.29, 0.717) is 97.7 Å². The van der Waals surface area contributed by atoms with E-state index in [1.54, 1.807) is 6.92 Å². The van der Waals surface area contributed by atoms with E-state index in [9.17, 15) is 48.9 Å². The summed E-state index contributed by atoms with van der Waals surface area (Å²) < 4.78 is 27.0. The van der Waals surface area contributed by atoms with E-state index < -0.39 is 36.1 Å². The van der Waals surface area contributed by atoms with Crippen LogP contribution in [-0.4, -0.2) is 164 Å². The molecule has 0 radical (unpaired) electrons. The molecule has 3 amide bonds. The lowest BCUT2D eigenvalue weighted by Gasteiger charge is -2.63. The third kappa shape index (κ3) is 20.2. The molecule has 0 aromatic carbocycles. The van der Waals surface area contributed by atoms with Crippen molar-refractivity contribution in [1.29, 1.82) is 0 Å². The van der Waals surface area contributed by atoms with Crippen LogP contribution in [0.15, 0.2) is 0 Å². The first kappa shape index (κ1) is 63.2. The van der Waals surface area contributed by atoms with Crippen LogP contribution in [0.25, 0.3) is 0 Å². The summed E-state index contributed by atoms with van der Waals surface area (Å²) in [5, 5.41) is 49.9. The number of halogens is 1. The van der Waals surface area contributed by atoms with Gasteiger partial charge in [0.1, 0.15) is 25.9 Å². The first-order valence-electron chi connectivity index (χ1n) is 26.5. The van der Waals surface area contributed by atoms with Crippen LogP contribution in [0.1, 0.15) is 137 Å². The number of amides is 3. The Morgan fingerprint density at radius 1 is 0.694 bits per heavy atom. The van der Waals surface area contributed by atoms with Crippen molar-refractivity contribution in [1.82, 2.24) is 16.0 Å². The zero-order chi connectivity index (χ0) is 53.3. The molecule has 1 unspecified atom stereocenters. The SMILES string of the molecule is CCC(=O)COCCOCCNC(=O)CCC(=O)CO[C@H]1CC[C@@]2(C)[C@@H](C1)C[C@@H](O)[C@H]1C3CC[C@H]([C@H](C)CCC(=O)O)[C@@]3(C)[C@@H](O)C[C@@H]12.CCCOCCOCC(=O)N[C@@H](CCCCNC(=O)CBr)C(=O)O. The highest BCUT2D eigenvalue weighted by molar-refractivity contribution is 9.09. The largest absolute Gasteiger partial charge is 0.481 e.